The molecular formula is C62H69ClF3N11O6. The van der Waals surface area contributed by atoms with Crippen molar-refractivity contribution < 1.29 is 42.1 Å². The number of carbonyl (C=O) groups is 2. The highest BCUT2D eigenvalue weighted by Gasteiger charge is 2.40. The normalized spacial score (nSPS) is 18.0. The molecule has 3 aliphatic rings. The number of hydrogen-bond acceptors (Lipinski definition) is 14. The topological polar surface area (TPSA) is 219 Å². The predicted molar refractivity (Wildman–Crippen MR) is 315 cm³/mol. The third kappa shape index (κ3) is 13.4. The summed E-state index contributed by atoms with van der Waals surface area (Å²) in [5.41, 5.74) is 11.8. The van der Waals surface area contributed by atoms with Crippen LogP contribution in [-0.4, -0.2) is 112 Å². The van der Waals surface area contributed by atoms with Crippen LogP contribution in [0.3, 0.4) is 0 Å². The van der Waals surface area contributed by atoms with Crippen LogP contribution in [-0.2, 0) is 20.9 Å². The van der Waals surface area contributed by atoms with Crippen LogP contribution in [0.25, 0.3) is 44.4 Å². The fourth-order valence-corrected chi connectivity index (χ4v) is 10.8. The molecule has 2 aromatic heterocycles. The number of allylic oxidation sites excluding steroid dienone is 7. The highest BCUT2D eigenvalue weighted by molar-refractivity contribution is 6.35. The molecule has 3 aliphatic heterocycles. The quantitative estimate of drug-likeness (QED) is 0.0228. The summed E-state index contributed by atoms with van der Waals surface area (Å²) >= 11 is 7.30. The maximum atomic E-state index is 15.3. The summed E-state index contributed by atoms with van der Waals surface area (Å²) in [5, 5.41) is 36.0. The molecule has 6 aromatic rings. The number of rotatable bonds is 21. The van der Waals surface area contributed by atoms with E-state index in [-0.39, 0.29) is 66.2 Å². The first-order valence-electron chi connectivity index (χ1n) is 27.5. The summed E-state index contributed by atoms with van der Waals surface area (Å²) < 4.78 is 63.3. The van der Waals surface area contributed by atoms with Gasteiger partial charge < -0.3 is 45.5 Å². The minimum atomic E-state index is -0.787. The van der Waals surface area contributed by atoms with Gasteiger partial charge in [-0.25, -0.2) is 17.9 Å². The first kappa shape index (κ1) is 61.0. The smallest absolute Gasteiger partial charge is 0.319 e. The maximum absolute atomic E-state index is 15.3. The molecule has 83 heavy (non-hydrogen) atoms. The zero-order valence-corrected chi connectivity index (χ0v) is 48.3. The van der Waals surface area contributed by atoms with Crippen LogP contribution < -0.4 is 30.7 Å². The van der Waals surface area contributed by atoms with E-state index < -0.39 is 29.6 Å². The van der Waals surface area contributed by atoms with E-state index in [4.69, 9.17) is 41.5 Å². The van der Waals surface area contributed by atoms with Crippen molar-refractivity contribution in [3.05, 3.63) is 148 Å². The predicted octanol–water partition coefficient (Wildman–Crippen LogP) is 10.4. The van der Waals surface area contributed by atoms with Gasteiger partial charge in [0.25, 0.3) is 0 Å². The van der Waals surface area contributed by atoms with Crippen LogP contribution in [0.5, 0.6) is 11.8 Å². The van der Waals surface area contributed by atoms with Crippen molar-refractivity contribution in [1.29, 1.82) is 5.26 Å². The third-order valence-corrected chi connectivity index (χ3v) is 15.7. The first-order valence-corrected chi connectivity index (χ1v) is 27.9. The number of amides is 2. The number of fused-ring (bicyclic) bond motifs is 3. The monoisotopic (exact) mass is 1160 g/mol. The van der Waals surface area contributed by atoms with Gasteiger partial charge in [0.05, 0.1) is 47.7 Å². The Kier molecular flexibility index (Phi) is 20.1. The summed E-state index contributed by atoms with van der Waals surface area (Å²) in [4.78, 5) is 37.0. The van der Waals surface area contributed by atoms with Crippen LogP contribution in [0.2, 0.25) is 5.02 Å². The molecular weight excluding hydrogens is 1090 g/mol. The Labute approximate surface area is 486 Å². The second kappa shape index (κ2) is 27.3. The molecule has 2 amide bonds. The van der Waals surface area contributed by atoms with Gasteiger partial charge >= 0.3 is 6.01 Å². The average molecular weight is 1160 g/mol. The lowest BCUT2D eigenvalue weighted by Crippen LogP contribution is -2.44. The largest absolute Gasteiger partial charge is 0.486 e. The molecule has 5 N–H and O–H groups in total. The number of anilines is 1. The average Bonchev–Trinajstić information content (AvgIpc) is 3.02. The molecule has 0 radical (unpaired) electrons. The number of methoxy groups -OCH3 is 1. The van der Waals surface area contributed by atoms with Gasteiger partial charge in [0, 0.05) is 66.6 Å². The molecule has 0 aliphatic carbocycles. The minimum Gasteiger partial charge on any atom is -0.486 e. The molecule has 0 spiro atoms. The highest BCUT2D eigenvalue weighted by Crippen LogP contribution is 2.48. The number of piperazine rings is 1. The number of likely N-dealkylation sites (tertiary alicyclic amines) is 1. The van der Waals surface area contributed by atoms with Crippen molar-refractivity contribution in [2.75, 3.05) is 51.5 Å². The van der Waals surface area contributed by atoms with E-state index in [9.17, 15) is 28.7 Å². The van der Waals surface area contributed by atoms with Crippen molar-refractivity contribution in [2.24, 2.45) is 11.7 Å². The number of benzene rings is 4. The van der Waals surface area contributed by atoms with E-state index in [0.717, 1.165) is 54.9 Å². The molecule has 5 unspecified atom stereocenters. The molecule has 4 aromatic carbocycles. The highest BCUT2D eigenvalue weighted by atomic mass is 35.5. The van der Waals surface area contributed by atoms with Crippen molar-refractivity contribution in [3.8, 4) is 40.2 Å². The molecule has 21 heteroatoms. The van der Waals surface area contributed by atoms with E-state index in [0.29, 0.717) is 93.3 Å². The van der Waals surface area contributed by atoms with E-state index >= 15 is 4.39 Å². The molecule has 0 saturated carbocycles. The lowest BCUT2D eigenvalue weighted by atomic mass is 9.89. The fraction of sp³-hybridized carbons (Fsp3) is 0.371. The summed E-state index contributed by atoms with van der Waals surface area (Å²) in [6, 6.07) is 20.8. The van der Waals surface area contributed by atoms with Gasteiger partial charge in [0.1, 0.15) is 59.8 Å². The number of hydrogen-bond donors (Lipinski definition) is 4. The number of aromatic nitrogens is 5. The lowest BCUT2D eigenvalue weighted by Gasteiger charge is -2.30. The molecule has 436 valence electrons. The zero-order valence-electron chi connectivity index (χ0n) is 47.6. The number of aliphatic hydroxyl groups excluding tert-OH is 1. The molecule has 5 heterocycles. The fourth-order valence-electron chi connectivity index (χ4n) is 10.5. The van der Waals surface area contributed by atoms with Crippen molar-refractivity contribution in [1.82, 2.24) is 40.5 Å². The van der Waals surface area contributed by atoms with Crippen molar-refractivity contribution in [3.63, 3.8) is 0 Å². The number of nitrogens with two attached hydrogens (primary N) is 1. The van der Waals surface area contributed by atoms with Gasteiger partial charge in [-0.2, -0.15) is 15.2 Å². The van der Waals surface area contributed by atoms with E-state index in [1.807, 2.05) is 41.2 Å². The van der Waals surface area contributed by atoms with Crippen LogP contribution in [0.1, 0.15) is 93.8 Å². The molecule has 2 bridgehead atoms. The number of nitriles is 1. The van der Waals surface area contributed by atoms with Crippen LogP contribution in [0, 0.1) is 30.0 Å². The van der Waals surface area contributed by atoms with E-state index in [1.165, 1.54) is 30.0 Å². The second-order valence-electron chi connectivity index (χ2n) is 21.0. The van der Waals surface area contributed by atoms with Gasteiger partial charge in [-0.3, -0.25) is 9.59 Å². The molecule has 5 atom stereocenters. The number of carbonyl (C=O) groups excluding carboxylic acids is 2. The summed E-state index contributed by atoms with van der Waals surface area (Å²) in [7, 11) is 1.60. The van der Waals surface area contributed by atoms with E-state index in [1.54, 1.807) is 39.2 Å². The molecule has 17 nitrogen and oxygen atoms in total. The van der Waals surface area contributed by atoms with Gasteiger partial charge in [-0.1, -0.05) is 97.9 Å². The van der Waals surface area contributed by atoms with Crippen molar-refractivity contribution >= 4 is 51.8 Å². The second-order valence-corrected chi connectivity index (χ2v) is 21.4. The number of nitrogens with one attached hydrogen (secondary N) is 2. The molecule has 3 fully saturated rings. The Morgan fingerprint density at radius 1 is 1.08 bits per heavy atom. The minimum absolute atomic E-state index is 0.129. The zero-order chi connectivity index (χ0) is 59.6. The van der Waals surface area contributed by atoms with Crippen molar-refractivity contribution in [2.45, 2.75) is 97.6 Å². The number of halogens is 4. The summed E-state index contributed by atoms with van der Waals surface area (Å²) in [6.07, 6.45) is 7.00. The first-order chi connectivity index (χ1) is 39.9. The summed E-state index contributed by atoms with van der Waals surface area (Å²) in [6.45, 7) is 16.9. The Morgan fingerprint density at radius 3 is 2.45 bits per heavy atom. The lowest BCUT2D eigenvalue weighted by molar-refractivity contribution is -0.131. The number of aliphatic hydroxyl groups is 1. The van der Waals surface area contributed by atoms with Crippen LogP contribution in [0.4, 0.5) is 19.0 Å². The van der Waals surface area contributed by atoms with Gasteiger partial charge in [0.2, 0.25) is 12.3 Å². The van der Waals surface area contributed by atoms with Gasteiger partial charge in [0.15, 0.2) is 5.75 Å². The van der Waals surface area contributed by atoms with Gasteiger partial charge in [-0.15, -0.1) is 5.10 Å². The molecule has 9 rings (SSSR count). The third-order valence-electron chi connectivity index (χ3n) is 15.4. The Balaban J connectivity index is 0.000000271. The Bertz CT molecular complexity index is 3490. The number of ether oxygens (including phenoxy) is 3. The van der Waals surface area contributed by atoms with Crippen LogP contribution >= 0.6 is 11.6 Å². The summed E-state index contributed by atoms with van der Waals surface area (Å²) in [5.74, 6) is -0.903. The van der Waals surface area contributed by atoms with Crippen LogP contribution in [0.15, 0.2) is 109 Å². The standard InChI is InChI=1S/C41H45ClFN9O3.C21H24F2N2O3/c1-22(2)25(5)52-20-35(49-50-52)27-9-7-26(8-10-27)21-55-39-37(30-11-12-34(43)23(3)36(30)32(17-44)24(4)45)33(42)16-31-38(39)47-41(54-14-13-53-6)48-40(31)51-19-28-15-29(51)18-46-28;1-3-16(22)20(17(23)4-2)15-9-7-14(8-10-15)18(12-26)24-21(28)19-6-5-11-25(19)13-27/h7-12,16,20,22,25,28-29,46H,13-15,18-19,21,45H2,1-6H3;3-4,7-10,13,18-19,26H,1,5-6,11-12H2,2H3,(H,24,28)/b32-24+;17-4+,20-16+. The Morgan fingerprint density at radius 2 is 1.83 bits per heavy atom. The maximum Gasteiger partial charge on any atom is 0.319 e. The molecule has 3 saturated heterocycles. The Hall–Kier alpha value is -8.09. The number of nitrogens with zero attached hydrogens (tertiary/aromatic N) is 8. The van der Waals surface area contributed by atoms with E-state index in [2.05, 4.69) is 59.3 Å². The van der Waals surface area contributed by atoms with Gasteiger partial charge in [-0.05, 0) is 98.9 Å². The SMILES string of the molecule is C=C/C(F)=C(\C(F)=C/C)c1ccc(C(CO)NC(=O)C2CCCN2C=O)cc1.COCCOc1nc(N2CC3CC2CN3)c2cc(Cl)c(-c3ccc(F)c(C)c3/C(C#N)=C(\C)N)c(OCc3ccc(-c4cn(C(C)C(C)C)nn4)cc3)c2n1.